The first-order valence-electron chi connectivity index (χ1n) is 6.86. The fourth-order valence-electron chi connectivity index (χ4n) is 3.05. The third-order valence-electron chi connectivity index (χ3n) is 4.20. The SMILES string of the molecule is CC1=CC[C@H]2C(=O)N(c3ccc(C(=O)O)cc3)C(=O)[C@H]2C1. The van der Waals surface area contributed by atoms with Gasteiger partial charge < -0.3 is 5.11 Å². The summed E-state index contributed by atoms with van der Waals surface area (Å²) in [5.41, 5.74) is 1.72. The highest BCUT2D eigenvalue weighted by Crippen LogP contribution is 2.39. The minimum Gasteiger partial charge on any atom is -0.478 e. The smallest absolute Gasteiger partial charge is 0.335 e. The number of fused-ring (bicyclic) bond motifs is 1. The lowest BCUT2D eigenvalue weighted by Crippen LogP contribution is -2.30. The molecule has 0 saturated carbocycles. The quantitative estimate of drug-likeness (QED) is 0.668. The topological polar surface area (TPSA) is 74.7 Å². The first-order chi connectivity index (χ1) is 9.99. The van der Waals surface area contributed by atoms with E-state index in [1.165, 1.54) is 29.2 Å². The molecule has 0 aromatic heterocycles. The molecule has 2 amide bonds. The zero-order valence-electron chi connectivity index (χ0n) is 11.6. The third-order valence-corrected chi connectivity index (χ3v) is 4.20. The van der Waals surface area contributed by atoms with Gasteiger partial charge in [0.15, 0.2) is 0 Å². The number of imide groups is 1. The van der Waals surface area contributed by atoms with E-state index in [2.05, 4.69) is 0 Å². The Bertz CT molecular complexity index is 659. The van der Waals surface area contributed by atoms with Crippen molar-refractivity contribution < 1.29 is 19.5 Å². The number of carboxylic acid groups (broad SMARTS) is 1. The van der Waals surface area contributed by atoms with Crippen LogP contribution >= 0.6 is 0 Å². The molecule has 1 aromatic rings. The number of carbonyl (C=O) groups excluding carboxylic acids is 2. The maximum atomic E-state index is 12.5. The molecule has 1 N–H and O–H groups in total. The molecule has 3 rings (SSSR count). The molecule has 108 valence electrons. The molecule has 0 unspecified atom stereocenters. The van der Waals surface area contributed by atoms with Crippen LogP contribution in [-0.4, -0.2) is 22.9 Å². The van der Waals surface area contributed by atoms with Gasteiger partial charge in [-0.05, 0) is 44.0 Å². The van der Waals surface area contributed by atoms with Gasteiger partial charge in [-0.15, -0.1) is 0 Å². The van der Waals surface area contributed by atoms with Crippen LogP contribution in [0.5, 0.6) is 0 Å². The van der Waals surface area contributed by atoms with Gasteiger partial charge in [-0.1, -0.05) is 11.6 Å². The molecule has 1 aliphatic heterocycles. The van der Waals surface area contributed by atoms with Crippen molar-refractivity contribution >= 4 is 23.5 Å². The number of carbonyl (C=O) groups is 3. The second kappa shape index (κ2) is 4.84. The van der Waals surface area contributed by atoms with Crippen LogP contribution in [0.25, 0.3) is 0 Å². The first kappa shape index (κ1) is 13.5. The van der Waals surface area contributed by atoms with Gasteiger partial charge >= 0.3 is 5.97 Å². The lowest BCUT2D eigenvalue weighted by Gasteiger charge is -2.18. The highest BCUT2D eigenvalue weighted by atomic mass is 16.4. The van der Waals surface area contributed by atoms with Crippen LogP contribution in [0.1, 0.15) is 30.1 Å². The van der Waals surface area contributed by atoms with E-state index in [-0.39, 0.29) is 29.2 Å². The second-order valence-corrected chi connectivity index (χ2v) is 5.57. The van der Waals surface area contributed by atoms with E-state index < -0.39 is 5.97 Å². The predicted molar refractivity (Wildman–Crippen MR) is 75.9 cm³/mol. The van der Waals surface area contributed by atoms with Gasteiger partial charge in [0.2, 0.25) is 11.8 Å². The Kier molecular flexibility index (Phi) is 3.12. The number of carboxylic acids is 1. The average Bonchev–Trinajstić information content (AvgIpc) is 2.70. The lowest BCUT2D eigenvalue weighted by atomic mass is 9.82. The number of rotatable bonds is 2. The summed E-state index contributed by atoms with van der Waals surface area (Å²) < 4.78 is 0. The van der Waals surface area contributed by atoms with Crippen molar-refractivity contribution in [1.29, 1.82) is 0 Å². The summed E-state index contributed by atoms with van der Waals surface area (Å²) >= 11 is 0. The molecule has 5 heteroatoms. The first-order valence-corrected chi connectivity index (χ1v) is 6.86. The predicted octanol–water partition coefficient (Wildman–Crippen LogP) is 2.23. The Morgan fingerprint density at radius 1 is 1.14 bits per heavy atom. The Morgan fingerprint density at radius 3 is 2.38 bits per heavy atom. The van der Waals surface area contributed by atoms with E-state index in [0.29, 0.717) is 18.5 Å². The van der Waals surface area contributed by atoms with E-state index in [0.717, 1.165) is 5.57 Å². The number of aromatic carboxylic acids is 1. The van der Waals surface area contributed by atoms with Gasteiger partial charge in [-0.25, -0.2) is 4.79 Å². The van der Waals surface area contributed by atoms with Gasteiger partial charge in [0.1, 0.15) is 0 Å². The van der Waals surface area contributed by atoms with E-state index in [9.17, 15) is 14.4 Å². The summed E-state index contributed by atoms with van der Waals surface area (Å²) in [7, 11) is 0. The molecular formula is C16H15NO4. The number of hydrogen-bond donors (Lipinski definition) is 1. The maximum Gasteiger partial charge on any atom is 0.335 e. The molecule has 1 heterocycles. The monoisotopic (exact) mass is 285 g/mol. The van der Waals surface area contributed by atoms with E-state index in [1.807, 2.05) is 13.0 Å². The minimum absolute atomic E-state index is 0.132. The van der Waals surface area contributed by atoms with Crippen molar-refractivity contribution in [2.45, 2.75) is 19.8 Å². The average molecular weight is 285 g/mol. The van der Waals surface area contributed by atoms with Crippen LogP contribution in [0, 0.1) is 11.8 Å². The van der Waals surface area contributed by atoms with Crippen LogP contribution < -0.4 is 4.90 Å². The molecule has 1 saturated heterocycles. The van der Waals surface area contributed by atoms with Crippen LogP contribution in [0.3, 0.4) is 0 Å². The molecule has 2 aliphatic rings. The highest BCUT2D eigenvalue weighted by molar-refractivity contribution is 6.22. The molecular weight excluding hydrogens is 270 g/mol. The molecule has 0 spiro atoms. The number of hydrogen-bond acceptors (Lipinski definition) is 3. The Morgan fingerprint density at radius 2 is 1.76 bits per heavy atom. The molecule has 0 bridgehead atoms. The summed E-state index contributed by atoms with van der Waals surface area (Å²) in [5.74, 6) is -1.95. The zero-order valence-corrected chi connectivity index (χ0v) is 11.6. The van der Waals surface area contributed by atoms with Gasteiger partial charge in [0, 0.05) is 0 Å². The maximum absolute atomic E-state index is 12.5. The van der Waals surface area contributed by atoms with Crippen molar-refractivity contribution in [3.63, 3.8) is 0 Å². The third kappa shape index (κ3) is 2.14. The van der Waals surface area contributed by atoms with Crippen LogP contribution in [-0.2, 0) is 9.59 Å². The molecule has 1 fully saturated rings. The van der Waals surface area contributed by atoms with Crippen molar-refractivity contribution in [2.75, 3.05) is 4.90 Å². The van der Waals surface area contributed by atoms with Gasteiger partial charge in [0.25, 0.3) is 0 Å². The Labute approximate surface area is 121 Å². The summed E-state index contributed by atoms with van der Waals surface area (Å²) in [4.78, 5) is 37.0. The molecule has 5 nitrogen and oxygen atoms in total. The fourth-order valence-corrected chi connectivity index (χ4v) is 3.05. The lowest BCUT2D eigenvalue weighted by molar-refractivity contribution is -0.122. The van der Waals surface area contributed by atoms with Gasteiger partial charge in [0.05, 0.1) is 23.1 Å². The number of anilines is 1. The van der Waals surface area contributed by atoms with Crippen LogP contribution in [0.2, 0.25) is 0 Å². The fraction of sp³-hybridized carbons (Fsp3) is 0.312. The highest BCUT2D eigenvalue weighted by Gasteiger charge is 2.48. The molecule has 21 heavy (non-hydrogen) atoms. The van der Waals surface area contributed by atoms with Crippen molar-refractivity contribution in [3.8, 4) is 0 Å². The van der Waals surface area contributed by atoms with Gasteiger partial charge in [-0.3, -0.25) is 14.5 Å². The molecule has 2 atom stereocenters. The zero-order chi connectivity index (χ0) is 15.1. The summed E-state index contributed by atoms with van der Waals surface area (Å²) in [6, 6.07) is 5.83. The molecule has 1 aliphatic carbocycles. The minimum atomic E-state index is -1.03. The van der Waals surface area contributed by atoms with Crippen molar-refractivity contribution in [1.82, 2.24) is 0 Å². The normalized spacial score (nSPS) is 24.8. The Balaban J connectivity index is 1.91. The largest absolute Gasteiger partial charge is 0.478 e. The van der Waals surface area contributed by atoms with E-state index in [4.69, 9.17) is 5.11 Å². The van der Waals surface area contributed by atoms with Gasteiger partial charge in [-0.2, -0.15) is 0 Å². The van der Waals surface area contributed by atoms with E-state index >= 15 is 0 Å². The van der Waals surface area contributed by atoms with Crippen molar-refractivity contribution in [3.05, 3.63) is 41.5 Å². The second-order valence-electron chi connectivity index (χ2n) is 5.57. The Hall–Kier alpha value is -2.43. The number of amides is 2. The number of allylic oxidation sites excluding steroid dienone is 2. The number of benzene rings is 1. The summed E-state index contributed by atoms with van der Waals surface area (Å²) in [5, 5.41) is 8.89. The molecule has 0 radical (unpaired) electrons. The number of nitrogens with zero attached hydrogens (tertiary/aromatic N) is 1. The van der Waals surface area contributed by atoms with Crippen LogP contribution in [0.15, 0.2) is 35.9 Å². The standard InChI is InChI=1S/C16H15NO4/c1-9-2-7-12-13(8-9)15(19)17(14(12)18)11-5-3-10(4-6-11)16(20)21/h2-6,12-13H,7-8H2,1H3,(H,20,21)/t12-,13+/m1/s1. The summed E-state index contributed by atoms with van der Waals surface area (Å²) in [6.07, 6.45) is 3.24. The summed E-state index contributed by atoms with van der Waals surface area (Å²) in [6.45, 7) is 1.97. The van der Waals surface area contributed by atoms with E-state index in [1.54, 1.807) is 0 Å². The van der Waals surface area contributed by atoms with Crippen molar-refractivity contribution in [2.24, 2.45) is 11.8 Å². The molecule has 1 aromatic carbocycles. The van der Waals surface area contributed by atoms with Crippen LogP contribution in [0.4, 0.5) is 5.69 Å².